The van der Waals surface area contributed by atoms with E-state index in [4.69, 9.17) is 9.15 Å². The molecule has 3 aromatic rings. The first-order chi connectivity index (χ1) is 14.2. The van der Waals surface area contributed by atoms with Crippen molar-refractivity contribution in [1.82, 2.24) is 4.90 Å². The van der Waals surface area contributed by atoms with Crippen molar-refractivity contribution in [2.75, 3.05) is 6.61 Å². The number of nitrogens with zero attached hydrogens (tertiary/aromatic N) is 1. The lowest BCUT2D eigenvalue weighted by Gasteiger charge is -2.34. The summed E-state index contributed by atoms with van der Waals surface area (Å²) in [6, 6.07) is 19.8. The number of benzene rings is 2. The van der Waals surface area contributed by atoms with E-state index in [0.29, 0.717) is 13.0 Å². The maximum Gasteiger partial charge on any atom is 0.330 e. The maximum absolute atomic E-state index is 12.9. The lowest BCUT2D eigenvalue weighted by molar-refractivity contribution is -0.148. The Hall–Kier alpha value is -3.78. The van der Waals surface area contributed by atoms with Crippen molar-refractivity contribution in [1.29, 1.82) is 0 Å². The summed E-state index contributed by atoms with van der Waals surface area (Å²) in [6.07, 6.45) is 1.84. The number of hydrogen-bond donors (Lipinski definition) is 0. The molecule has 4 rings (SSSR count). The van der Waals surface area contributed by atoms with Gasteiger partial charge in [-0.15, -0.1) is 0 Å². The van der Waals surface area contributed by atoms with Crippen LogP contribution in [-0.4, -0.2) is 29.4 Å². The molecule has 0 radical (unpaired) electrons. The monoisotopic (exact) mass is 385 g/mol. The molecule has 5 nitrogen and oxygen atoms in total. The van der Waals surface area contributed by atoms with Gasteiger partial charge in [-0.05, 0) is 35.4 Å². The van der Waals surface area contributed by atoms with Gasteiger partial charge in [0, 0.05) is 18.5 Å². The highest BCUT2D eigenvalue weighted by Crippen LogP contribution is 2.26. The number of amides is 1. The molecule has 0 aliphatic carbocycles. The number of esters is 1. The van der Waals surface area contributed by atoms with Crippen LogP contribution >= 0.6 is 0 Å². The first kappa shape index (κ1) is 18.6. The van der Waals surface area contributed by atoms with Crippen molar-refractivity contribution in [3.8, 4) is 11.8 Å². The summed E-state index contributed by atoms with van der Waals surface area (Å²) in [5.41, 5.74) is 2.90. The molecule has 1 amide bonds. The van der Waals surface area contributed by atoms with Crippen LogP contribution in [0, 0.1) is 11.8 Å². The van der Waals surface area contributed by atoms with Crippen LogP contribution in [0.4, 0.5) is 0 Å². The lowest BCUT2D eigenvalue weighted by Crippen LogP contribution is -2.49. The maximum atomic E-state index is 12.9. The van der Waals surface area contributed by atoms with E-state index in [1.54, 1.807) is 12.1 Å². The third-order valence-corrected chi connectivity index (χ3v) is 4.81. The van der Waals surface area contributed by atoms with Gasteiger partial charge in [0.2, 0.25) is 0 Å². The minimum Gasteiger partial charge on any atom is -0.459 e. The van der Waals surface area contributed by atoms with Crippen LogP contribution in [0.1, 0.15) is 27.2 Å². The van der Waals surface area contributed by atoms with Gasteiger partial charge in [0.15, 0.2) is 12.4 Å². The molecule has 2 heterocycles. The largest absolute Gasteiger partial charge is 0.459 e. The molecule has 1 aliphatic rings. The number of furan rings is 1. The second-order valence-corrected chi connectivity index (χ2v) is 6.67. The minimum absolute atomic E-state index is 0.0331. The highest BCUT2D eigenvalue weighted by Gasteiger charge is 2.36. The van der Waals surface area contributed by atoms with E-state index in [9.17, 15) is 9.59 Å². The van der Waals surface area contributed by atoms with Crippen molar-refractivity contribution in [2.45, 2.75) is 19.0 Å². The minimum atomic E-state index is -0.721. The SMILES string of the molecule is O=C(OCC#Cc1ccccc1)[C@@H]1Cc2ccccc2CN1C(=O)c1ccco1. The zero-order chi connectivity index (χ0) is 20.1. The number of ether oxygens (including phenoxy) is 1. The predicted molar refractivity (Wildman–Crippen MR) is 107 cm³/mol. The van der Waals surface area contributed by atoms with Crippen LogP contribution in [0.25, 0.3) is 0 Å². The van der Waals surface area contributed by atoms with Gasteiger partial charge in [-0.1, -0.05) is 54.3 Å². The number of carbonyl (C=O) groups is 2. The molecule has 0 spiro atoms. The normalized spacial score (nSPS) is 15.0. The fourth-order valence-electron chi connectivity index (χ4n) is 3.35. The van der Waals surface area contributed by atoms with Crippen LogP contribution in [-0.2, 0) is 22.5 Å². The Balaban J connectivity index is 1.50. The Morgan fingerprint density at radius 2 is 1.76 bits per heavy atom. The van der Waals surface area contributed by atoms with Crippen LogP contribution in [0.2, 0.25) is 0 Å². The predicted octanol–water partition coefficient (Wildman–Crippen LogP) is 3.44. The van der Waals surface area contributed by atoms with E-state index >= 15 is 0 Å². The molecule has 0 bridgehead atoms. The highest BCUT2D eigenvalue weighted by atomic mass is 16.5. The van der Waals surface area contributed by atoms with Crippen molar-refractivity contribution in [3.63, 3.8) is 0 Å². The standard InChI is InChI=1S/C24H19NO4/c26-23(22-13-7-14-28-22)25-17-20-12-5-4-11-19(20)16-21(25)24(27)29-15-6-10-18-8-2-1-3-9-18/h1-5,7-9,11-14,21H,15-17H2/t21-/m0/s1. The zero-order valence-corrected chi connectivity index (χ0v) is 15.7. The summed E-state index contributed by atoms with van der Waals surface area (Å²) in [5, 5.41) is 0. The molecule has 1 atom stereocenters. The van der Waals surface area contributed by atoms with Crippen LogP contribution < -0.4 is 0 Å². The summed E-state index contributed by atoms with van der Waals surface area (Å²) in [5.74, 6) is 5.20. The molecule has 0 saturated heterocycles. The van der Waals surface area contributed by atoms with Crippen molar-refractivity contribution >= 4 is 11.9 Å². The third-order valence-electron chi connectivity index (χ3n) is 4.81. The van der Waals surface area contributed by atoms with E-state index in [1.807, 2.05) is 54.6 Å². The second kappa shape index (κ2) is 8.49. The van der Waals surface area contributed by atoms with Gasteiger partial charge in [-0.25, -0.2) is 4.79 Å². The van der Waals surface area contributed by atoms with Gasteiger partial charge in [-0.3, -0.25) is 4.79 Å². The lowest BCUT2D eigenvalue weighted by atomic mass is 9.93. The summed E-state index contributed by atoms with van der Waals surface area (Å²) < 4.78 is 10.6. The molecular weight excluding hydrogens is 366 g/mol. The molecule has 0 N–H and O–H groups in total. The van der Waals surface area contributed by atoms with Gasteiger partial charge in [0.05, 0.1) is 6.26 Å². The molecule has 0 saturated carbocycles. The van der Waals surface area contributed by atoms with Crippen LogP contribution in [0.5, 0.6) is 0 Å². The van der Waals surface area contributed by atoms with Gasteiger partial charge >= 0.3 is 5.97 Å². The average molecular weight is 385 g/mol. The Kier molecular flexibility index (Phi) is 5.44. The van der Waals surface area contributed by atoms with E-state index in [2.05, 4.69) is 11.8 Å². The molecule has 29 heavy (non-hydrogen) atoms. The van der Waals surface area contributed by atoms with E-state index in [-0.39, 0.29) is 18.3 Å². The van der Waals surface area contributed by atoms with Gasteiger partial charge in [0.25, 0.3) is 5.91 Å². The Bertz CT molecular complexity index is 1060. The van der Waals surface area contributed by atoms with Gasteiger partial charge in [0.1, 0.15) is 6.04 Å². The van der Waals surface area contributed by atoms with E-state index in [1.165, 1.54) is 11.2 Å². The molecule has 5 heteroatoms. The van der Waals surface area contributed by atoms with Gasteiger partial charge < -0.3 is 14.1 Å². The molecule has 0 unspecified atom stereocenters. The second-order valence-electron chi connectivity index (χ2n) is 6.67. The molecule has 1 aromatic heterocycles. The molecule has 0 fully saturated rings. The van der Waals surface area contributed by atoms with Gasteiger partial charge in [-0.2, -0.15) is 0 Å². The molecule has 2 aromatic carbocycles. The van der Waals surface area contributed by atoms with Crippen LogP contribution in [0.3, 0.4) is 0 Å². The van der Waals surface area contributed by atoms with Crippen molar-refractivity contribution in [3.05, 3.63) is 95.4 Å². The van der Waals surface area contributed by atoms with Crippen LogP contribution in [0.15, 0.2) is 77.4 Å². The summed E-state index contributed by atoms with van der Waals surface area (Å²) in [7, 11) is 0. The summed E-state index contributed by atoms with van der Waals surface area (Å²) >= 11 is 0. The Morgan fingerprint density at radius 3 is 2.52 bits per heavy atom. The quantitative estimate of drug-likeness (QED) is 0.512. The fourth-order valence-corrected chi connectivity index (χ4v) is 3.35. The first-order valence-electron chi connectivity index (χ1n) is 9.34. The zero-order valence-electron chi connectivity index (χ0n) is 15.7. The van der Waals surface area contributed by atoms with E-state index < -0.39 is 12.0 Å². The number of carbonyl (C=O) groups excluding carboxylic acids is 2. The number of rotatable bonds is 3. The average Bonchev–Trinajstić information content (AvgIpc) is 3.31. The number of hydrogen-bond acceptors (Lipinski definition) is 4. The van der Waals surface area contributed by atoms with Crippen molar-refractivity contribution < 1.29 is 18.7 Å². The Morgan fingerprint density at radius 1 is 1.00 bits per heavy atom. The highest BCUT2D eigenvalue weighted by molar-refractivity contribution is 5.95. The summed E-state index contributed by atoms with van der Waals surface area (Å²) in [6.45, 7) is 0.291. The fraction of sp³-hybridized carbons (Fsp3) is 0.167. The smallest absolute Gasteiger partial charge is 0.330 e. The third kappa shape index (κ3) is 4.22. The van der Waals surface area contributed by atoms with Crippen molar-refractivity contribution in [2.24, 2.45) is 0 Å². The van der Waals surface area contributed by atoms with E-state index in [0.717, 1.165) is 16.7 Å². The Labute approximate surface area is 168 Å². The summed E-state index contributed by atoms with van der Waals surface area (Å²) in [4.78, 5) is 27.2. The number of fused-ring (bicyclic) bond motifs is 1. The first-order valence-corrected chi connectivity index (χ1v) is 9.34. The molecule has 144 valence electrons. The topological polar surface area (TPSA) is 59.8 Å². The molecular formula is C24H19NO4. The molecule has 1 aliphatic heterocycles.